The van der Waals surface area contributed by atoms with Crippen LogP contribution in [0.25, 0.3) is 0 Å². The van der Waals surface area contributed by atoms with Crippen LogP contribution in [0.5, 0.6) is 0 Å². The summed E-state index contributed by atoms with van der Waals surface area (Å²) in [4.78, 5) is 40.2. The van der Waals surface area contributed by atoms with Gasteiger partial charge >= 0.3 is 5.69 Å². The first-order valence-corrected chi connectivity index (χ1v) is 11.9. The lowest BCUT2D eigenvalue weighted by molar-refractivity contribution is 0.0992. The Bertz CT molecular complexity index is 1290. The Kier molecular flexibility index (Phi) is 7.78. The molecule has 0 amide bonds. The summed E-state index contributed by atoms with van der Waals surface area (Å²) in [6.07, 6.45) is 0.837. The number of ketones is 1. The van der Waals surface area contributed by atoms with E-state index in [1.807, 2.05) is 49.0 Å². The second kappa shape index (κ2) is 10.4. The van der Waals surface area contributed by atoms with Crippen LogP contribution in [0, 0.1) is 0 Å². The highest BCUT2D eigenvalue weighted by Gasteiger charge is 2.28. The molecule has 2 N–H and O–H groups in total. The smallest absolute Gasteiger partial charge is 0.332 e. The van der Waals surface area contributed by atoms with E-state index in [9.17, 15) is 14.4 Å². The van der Waals surface area contributed by atoms with Gasteiger partial charge in [0.15, 0.2) is 16.8 Å². The Labute approximate surface area is 202 Å². The highest BCUT2D eigenvalue weighted by molar-refractivity contribution is 8.00. The van der Waals surface area contributed by atoms with Gasteiger partial charge in [0.25, 0.3) is 5.56 Å². The summed E-state index contributed by atoms with van der Waals surface area (Å²) in [5, 5.41) is 8.76. The largest absolute Gasteiger partial charge is 0.384 e. The lowest BCUT2D eigenvalue weighted by Crippen LogP contribution is -2.42. The van der Waals surface area contributed by atoms with Gasteiger partial charge in [0.1, 0.15) is 11.4 Å². The molecule has 0 aliphatic rings. The van der Waals surface area contributed by atoms with Crippen LogP contribution in [-0.2, 0) is 20.6 Å². The number of Topliss-reactive ketones (excluding diaryl/α,β-unsaturated/α-hetero) is 1. The SMILES string of the molecule is CCC(c1nnc(SC(C)C(=O)c2c(N)n(C)c(=O)n(C)c2=O)n1Cc1ccccc1)N(C)C. The van der Waals surface area contributed by atoms with Crippen LogP contribution < -0.4 is 17.0 Å². The number of benzene rings is 1. The molecule has 11 heteroatoms. The second-order valence-electron chi connectivity index (χ2n) is 8.39. The Hall–Kier alpha value is -3.18. The summed E-state index contributed by atoms with van der Waals surface area (Å²) < 4.78 is 4.00. The van der Waals surface area contributed by atoms with Crippen molar-refractivity contribution < 1.29 is 4.79 Å². The normalized spacial score (nSPS) is 13.3. The maximum atomic E-state index is 13.3. The van der Waals surface area contributed by atoms with Crippen LogP contribution in [0.1, 0.15) is 48.1 Å². The molecule has 2 unspecified atom stereocenters. The fourth-order valence-corrected chi connectivity index (χ4v) is 4.75. The molecule has 182 valence electrons. The van der Waals surface area contributed by atoms with Crippen LogP contribution in [0.3, 0.4) is 0 Å². The number of anilines is 1. The number of nitrogens with two attached hydrogens (primary N) is 1. The molecule has 0 fully saturated rings. The van der Waals surface area contributed by atoms with Crippen molar-refractivity contribution >= 4 is 23.4 Å². The van der Waals surface area contributed by atoms with Gasteiger partial charge < -0.3 is 10.3 Å². The molecule has 0 bridgehead atoms. The van der Waals surface area contributed by atoms with Crippen LogP contribution in [0.2, 0.25) is 0 Å². The molecule has 0 aliphatic carbocycles. The van der Waals surface area contributed by atoms with Gasteiger partial charge in [0.2, 0.25) is 0 Å². The molecule has 2 aromatic heterocycles. The highest BCUT2D eigenvalue weighted by atomic mass is 32.2. The summed E-state index contributed by atoms with van der Waals surface area (Å²) in [5.74, 6) is 0.195. The maximum Gasteiger partial charge on any atom is 0.332 e. The van der Waals surface area contributed by atoms with Crippen molar-refractivity contribution in [3.05, 3.63) is 68.1 Å². The lowest BCUT2D eigenvalue weighted by Gasteiger charge is -2.23. The summed E-state index contributed by atoms with van der Waals surface area (Å²) in [5.41, 5.74) is 5.59. The Morgan fingerprint density at radius 1 is 1.12 bits per heavy atom. The first kappa shape index (κ1) is 25.4. The van der Waals surface area contributed by atoms with E-state index < -0.39 is 22.3 Å². The zero-order valence-electron chi connectivity index (χ0n) is 20.3. The minimum Gasteiger partial charge on any atom is -0.384 e. The van der Waals surface area contributed by atoms with E-state index in [0.29, 0.717) is 11.7 Å². The second-order valence-corrected chi connectivity index (χ2v) is 9.70. The molecule has 1 aromatic carbocycles. The zero-order chi connectivity index (χ0) is 25.2. The number of rotatable bonds is 9. The molecule has 0 aliphatic heterocycles. The third kappa shape index (κ3) is 4.85. The van der Waals surface area contributed by atoms with Gasteiger partial charge in [-0.2, -0.15) is 0 Å². The van der Waals surface area contributed by atoms with E-state index in [0.717, 1.165) is 26.9 Å². The van der Waals surface area contributed by atoms with Crippen molar-refractivity contribution in [2.24, 2.45) is 14.1 Å². The standard InChI is InChI=1S/C23H31N7O3S/c1-7-16(27(3)4)20-25-26-22(30(20)13-15-11-9-8-10-12-15)34-14(2)18(31)17-19(24)28(5)23(33)29(6)21(17)32/h8-12,14,16H,7,13,24H2,1-6H3. The van der Waals surface area contributed by atoms with Gasteiger partial charge in [-0.15, -0.1) is 10.2 Å². The van der Waals surface area contributed by atoms with Crippen molar-refractivity contribution in [1.29, 1.82) is 0 Å². The molecule has 0 radical (unpaired) electrons. The summed E-state index contributed by atoms with van der Waals surface area (Å²) in [6, 6.07) is 10.00. The molecular weight excluding hydrogens is 454 g/mol. The predicted molar refractivity (Wildman–Crippen MR) is 133 cm³/mol. The molecule has 0 spiro atoms. The van der Waals surface area contributed by atoms with Crippen molar-refractivity contribution in [2.45, 2.75) is 43.3 Å². The topological polar surface area (TPSA) is 121 Å². The molecular formula is C23H31N7O3S. The summed E-state index contributed by atoms with van der Waals surface area (Å²) >= 11 is 1.22. The van der Waals surface area contributed by atoms with Gasteiger partial charge in [0.05, 0.1) is 17.8 Å². The molecule has 2 atom stereocenters. The summed E-state index contributed by atoms with van der Waals surface area (Å²) in [6.45, 7) is 4.32. The Morgan fingerprint density at radius 2 is 1.76 bits per heavy atom. The third-order valence-corrected chi connectivity index (χ3v) is 6.93. The van der Waals surface area contributed by atoms with Gasteiger partial charge in [-0.1, -0.05) is 49.0 Å². The zero-order valence-corrected chi connectivity index (χ0v) is 21.2. The quantitative estimate of drug-likeness (QED) is 0.359. The van der Waals surface area contributed by atoms with E-state index >= 15 is 0 Å². The van der Waals surface area contributed by atoms with Crippen LogP contribution in [0.4, 0.5) is 5.82 Å². The average Bonchev–Trinajstić information content (AvgIpc) is 3.18. The number of nitrogen functional groups attached to an aromatic ring is 1. The van der Waals surface area contributed by atoms with E-state index in [-0.39, 0.29) is 17.4 Å². The number of hydrogen-bond acceptors (Lipinski definition) is 8. The molecule has 34 heavy (non-hydrogen) atoms. The minimum atomic E-state index is -0.705. The molecule has 3 aromatic rings. The Balaban J connectivity index is 2.01. The number of aromatic nitrogens is 5. The number of carbonyl (C=O) groups excluding carboxylic acids is 1. The fourth-order valence-electron chi connectivity index (χ4n) is 3.83. The first-order chi connectivity index (χ1) is 16.1. The van der Waals surface area contributed by atoms with E-state index in [4.69, 9.17) is 5.73 Å². The molecule has 10 nitrogen and oxygen atoms in total. The first-order valence-electron chi connectivity index (χ1n) is 11.0. The summed E-state index contributed by atoms with van der Waals surface area (Å²) in [7, 11) is 6.74. The lowest BCUT2D eigenvalue weighted by atomic mass is 10.1. The van der Waals surface area contributed by atoms with Crippen LogP contribution in [-0.4, -0.2) is 53.9 Å². The van der Waals surface area contributed by atoms with Crippen LogP contribution in [0.15, 0.2) is 45.1 Å². The number of carbonyl (C=O) groups is 1. The minimum absolute atomic E-state index is 0.0446. The van der Waals surface area contributed by atoms with Gasteiger partial charge in [-0.05, 0) is 33.0 Å². The van der Waals surface area contributed by atoms with Crippen molar-refractivity contribution in [2.75, 3.05) is 19.8 Å². The average molecular weight is 486 g/mol. The van der Waals surface area contributed by atoms with Gasteiger partial charge in [0, 0.05) is 14.1 Å². The molecule has 0 saturated carbocycles. The van der Waals surface area contributed by atoms with Crippen molar-refractivity contribution in [3.63, 3.8) is 0 Å². The van der Waals surface area contributed by atoms with Crippen molar-refractivity contribution in [1.82, 2.24) is 28.8 Å². The van der Waals surface area contributed by atoms with E-state index in [2.05, 4.69) is 22.0 Å². The number of hydrogen-bond donors (Lipinski definition) is 1. The fraction of sp³-hybridized carbons (Fsp3) is 0.435. The number of nitrogens with zero attached hydrogens (tertiary/aromatic N) is 6. The number of thioether (sulfide) groups is 1. The van der Waals surface area contributed by atoms with Gasteiger partial charge in [-0.3, -0.25) is 23.6 Å². The predicted octanol–water partition coefficient (Wildman–Crippen LogP) is 1.68. The maximum absolute atomic E-state index is 13.3. The monoisotopic (exact) mass is 485 g/mol. The highest BCUT2D eigenvalue weighted by Crippen LogP contribution is 2.29. The van der Waals surface area contributed by atoms with E-state index in [1.54, 1.807) is 6.92 Å². The van der Waals surface area contributed by atoms with Crippen molar-refractivity contribution in [3.8, 4) is 0 Å². The molecule has 3 rings (SSSR count). The Morgan fingerprint density at radius 3 is 2.35 bits per heavy atom. The van der Waals surface area contributed by atoms with Crippen LogP contribution >= 0.6 is 11.8 Å². The molecule has 0 saturated heterocycles. The molecule has 2 heterocycles. The third-order valence-electron chi connectivity index (χ3n) is 5.84. The van der Waals surface area contributed by atoms with Gasteiger partial charge in [-0.25, -0.2) is 4.79 Å². The van der Waals surface area contributed by atoms with E-state index in [1.165, 1.54) is 25.9 Å².